The molecular formula is C13H7Br4Cl. The van der Waals surface area contributed by atoms with E-state index < -0.39 is 0 Å². The summed E-state index contributed by atoms with van der Waals surface area (Å²) in [4.78, 5) is 0.0463. The minimum atomic E-state index is 0.0463. The van der Waals surface area contributed by atoms with Gasteiger partial charge in [0.05, 0.1) is 4.83 Å². The third-order valence-electron chi connectivity index (χ3n) is 2.47. The quantitative estimate of drug-likeness (QED) is 0.372. The van der Waals surface area contributed by atoms with Crippen molar-refractivity contribution in [1.29, 1.82) is 0 Å². The number of hydrogen-bond donors (Lipinski definition) is 0. The molecule has 0 aliphatic carbocycles. The first-order valence-corrected chi connectivity index (χ1v) is 8.70. The second-order valence-corrected chi connectivity index (χ2v) is 7.70. The lowest BCUT2D eigenvalue weighted by molar-refractivity contribution is 1.16. The molecule has 0 bridgehead atoms. The highest BCUT2D eigenvalue weighted by atomic mass is 79.9. The predicted octanol–water partition coefficient (Wildman–Crippen LogP) is 7.11. The van der Waals surface area contributed by atoms with Crippen molar-refractivity contribution >= 4 is 75.3 Å². The van der Waals surface area contributed by atoms with E-state index in [1.54, 1.807) is 0 Å². The molecule has 0 saturated carbocycles. The Labute approximate surface area is 145 Å². The van der Waals surface area contributed by atoms with Crippen molar-refractivity contribution in [2.75, 3.05) is 0 Å². The molecule has 0 spiro atoms. The van der Waals surface area contributed by atoms with Gasteiger partial charge in [-0.25, -0.2) is 0 Å². The summed E-state index contributed by atoms with van der Waals surface area (Å²) in [7, 11) is 0. The van der Waals surface area contributed by atoms with Crippen molar-refractivity contribution in [2.24, 2.45) is 0 Å². The number of alkyl halides is 1. The van der Waals surface area contributed by atoms with Crippen molar-refractivity contribution in [1.82, 2.24) is 0 Å². The summed E-state index contributed by atoms with van der Waals surface area (Å²) in [6.45, 7) is 0. The van der Waals surface area contributed by atoms with Crippen molar-refractivity contribution in [3.63, 3.8) is 0 Å². The minimum Gasteiger partial charge on any atom is -0.0839 e. The largest absolute Gasteiger partial charge is 0.0839 e. The van der Waals surface area contributed by atoms with Crippen LogP contribution in [0.15, 0.2) is 49.8 Å². The molecule has 2 aromatic carbocycles. The monoisotopic (exact) mass is 514 g/mol. The Morgan fingerprint density at radius 1 is 0.833 bits per heavy atom. The first-order valence-electron chi connectivity index (χ1n) is 5.03. The van der Waals surface area contributed by atoms with E-state index in [9.17, 15) is 0 Å². The summed E-state index contributed by atoms with van der Waals surface area (Å²) in [5.41, 5.74) is 2.17. The van der Waals surface area contributed by atoms with Crippen LogP contribution >= 0.6 is 75.3 Å². The van der Waals surface area contributed by atoms with Gasteiger partial charge in [-0.1, -0.05) is 81.4 Å². The number of halogens is 5. The molecule has 0 aromatic heterocycles. The van der Waals surface area contributed by atoms with Gasteiger partial charge in [0, 0.05) is 18.4 Å². The highest BCUT2D eigenvalue weighted by Gasteiger charge is 2.16. The van der Waals surface area contributed by atoms with Crippen LogP contribution < -0.4 is 0 Å². The number of rotatable bonds is 2. The molecule has 1 atom stereocenters. The average Bonchev–Trinajstić information content (AvgIpc) is 2.31. The summed E-state index contributed by atoms with van der Waals surface area (Å²) in [5, 5.41) is 0.734. The number of hydrogen-bond acceptors (Lipinski definition) is 0. The van der Waals surface area contributed by atoms with Crippen molar-refractivity contribution in [3.05, 3.63) is 66.0 Å². The van der Waals surface area contributed by atoms with Crippen LogP contribution in [0.5, 0.6) is 0 Å². The molecule has 94 valence electrons. The van der Waals surface area contributed by atoms with Crippen LogP contribution in [0.3, 0.4) is 0 Å². The molecule has 0 saturated heterocycles. The van der Waals surface area contributed by atoms with Gasteiger partial charge >= 0.3 is 0 Å². The normalized spacial score (nSPS) is 12.5. The fraction of sp³-hybridized carbons (Fsp3) is 0.0769. The number of benzene rings is 2. The van der Waals surface area contributed by atoms with Crippen LogP contribution in [0.2, 0.25) is 5.02 Å². The Balaban J connectivity index is 2.47. The van der Waals surface area contributed by atoms with Crippen LogP contribution in [0.1, 0.15) is 16.0 Å². The van der Waals surface area contributed by atoms with Gasteiger partial charge in [0.2, 0.25) is 0 Å². The zero-order chi connectivity index (χ0) is 13.3. The first kappa shape index (κ1) is 15.0. The molecule has 0 amide bonds. The van der Waals surface area contributed by atoms with Gasteiger partial charge in [0.25, 0.3) is 0 Å². The van der Waals surface area contributed by atoms with Crippen LogP contribution in [-0.2, 0) is 0 Å². The van der Waals surface area contributed by atoms with Crippen LogP contribution in [0.4, 0.5) is 0 Å². The molecule has 0 radical (unpaired) electrons. The van der Waals surface area contributed by atoms with Gasteiger partial charge in [-0.15, -0.1) is 0 Å². The summed E-state index contributed by atoms with van der Waals surface area (Å²) >= 11 is 20.4. The predicted molar refractivity (Wildman–Crippen MR) is 91.8 cm³/mol. The fourth-order valence-corrected chi connectivity index (χ4v) is 4.44. The van der Waals surface area contributed by atoms with Crippen LogP contribution in [0.25, 0.3) is 0 Å². The van der Waals surface area contributed by atoms with E-state index in [0.29, 0.717) is 0 Å². The second-order valence-electron chi connectivity index (χ2n) is 3.69. The molecule has 0 aliphatic rings. The highest BCUT2D eigenvalue weighted by Crippen LogP contribution is 2.40. The summed E-state index contributed by atoms with van der Waals surface area (Å²) in [6, 6.07) is 12.0. The summed E-state index contributed by atoms with van der Waals surface area (Å²) in [6.07, 6.45) is 0. The van der Waals surface area contributed by atoms with Gasteiger partial charge < -0.3 is 0 Å². The third-order valence-corrected chi connectivity index (χ3v) is 5.49. The smallest absolute Gasteiger partial charge is 0.0670 e. The molecule has 0 aliphatic heterocycles. The van der Waals surface area contributed by atoms with E-state index >= 15 is 0 Å². The summed E-state index contributed by atoms with van der Waals surface area (Å²) in [5.74, 6) is 0. The maximum atomic E-state index is 6.28. The van der Waals surface area contributed by atoms with E-state index in [0.717, 1.165) is 29.6 Å². The molecule has 0 heterocycles. The Morgan fingerprint density at radius 2 is 1.44 bits per heavy atom. The topological polar surface area (TPSA) is 0 Å². The maximum absolute atomic E-state index is 6.28. The lowest BCUT2D eigenvalue weighted by Gasteiger charge is -2.15. The van der Waals surface area contributed by atoms with E-state index in [4.69, 9.17) is 11.6 Å². The van der Waals surface area contributed by atoms with Crippen molar-refractivity contribution in [2.45, 2.75) is 4.83 Å². The Kier molecular flexibility index (Phi) is 5.35. The second kappa shape index (κ2) is 6.40. The Bertz CT molecular complexity index is 583. The Hall–Kier alpha value is 0.650. The third kappa shape index (κ3) is 3.40. The zero-order valence-electron chi connectivity index (χ0n) is 8.93. The summed E-state index contributed by atoms with van der Waals surface area (Å²) < 4.78 is 3.06. The molecule has 5 heteroatoms. The molecule has 2 aromatic rings. The van der Waals surface area contributed by atoms with E-state index in [2.05, 4.69) is 69.8 Å². The van der Waals surface area contributed by atoms with E-state index in [1.165, 1.54) is 0 Å². The van der Waals surface area contributed by atoms with Gasteiger partial charge in [-0.05, 0) is 41.5 Å². The maximum Gasteiger partial charge on any atom is 0.0670 e. The molecule has 0 fully saturated rings. The van der Waals surface area contributed by atoms with Gasteiger partial charge in [-0.2, -0.15) is 0 Å². The lowest BCUT2D eigenvalue weighted by Crippen LogP contribution is -1.95. The average molecular weight is 518 g/mol. The SMILES string of the molecule is Clc1cc(Br)ccc1C(Br)c1cc(Br)ccc1Br. The van der Waals surface area contributed by atoms with Crippen molar-refractivity contribution < 1.29 is 0 Å². The van der Waals surface area contributed by atoms with Gasteiger partial charge in [0.1, 0.15) is 0 Å². The molecule has 18 heavy (non-hydrogen) atoms. The Morgan fingerprint density at radius 3 is 2.11 bits per heavy atom. The zero-order valence-corrected chi connectivity index (χ0v) is 16.0. The highest BCUT2D eigenvalue weighted by molar-refractivity contribution is 9.11. The fourth-order valence-electron chi connectivity index (χ4n) is 1.58. The van der Waals surface area contributed by atoms with Gasteiger partial charge in [0.15, 0.2) is 0 Å². The standard InChI is InChI=1S/C13H7Br4Cl/c14-7-2-4-11(16)10(5-7)13(17)9-3-1-8(15)6-12(9)18/h1-6,13H. The van der Waals surface area contributed by atoms with E-state index in [1.807, 2.05) is 30.3 Å². The van der Waals surface area contributed by atoms with Crippen molar-refractivity contribution in [3.8, 4) is 0 Å². The van der Waals surface area contributed by atoms with E-state index in [-0.39, 0.29) is 4.83 Å². The molecule has 0 nitrogen and oxygen atoms in total. The first-order chi connectivity index (χ1) is 8.49. The molecular weight excluding hydrogens is 511 g/mol. The van der Waals surface area contributed by atoms with Crippen LogP contribution in [-0.4, -0.2) is 0 Å². The lowest BCUT2D eigenvalue weighted by atomic mass is 10.1. The minimum absolute atomic E-state index is 0.0463. The van der Waals surface area contributed by atoms with Gasteiger partial charge in [-0.3, -0.25) is 0 Å². The molecule has 2 rings (SSSR count). The van der Waals surface area contributed by atoms with Crippen LogP contribution in [0, 0.1) is 0 Å². The molecule has 1 unspecified atom stereocenters. The molecule has 0 N–H and O–H groups in total.